The van der Waals surface area contributed by atoms with Crippen molar-refractivity contribution in [2.75, 3.05) is 49.7 Å². The van der Waals surface area contributed by atoms with Crippen molar-refractivity contribution in [3.8, 4) is 0 Å². The number of nitrogens with zero attached hydrogens (tertiary/aromatic N) is 5. The smallest absolute Gasteiger partial charge is 0.287 e. The van der Waals surface area contributed by atoms with Crippen LogP contribution in [-0.2, 0) is 4.74 Å². The Morgan fingerprint density at radius 3 is 2.82 bits per heavy atom. The van der Waals surface area contributed by atoms with E-state index in [1.165, 1.54) is 0 Å². The van der Waals surface area contributed by atoms with Gasteiger partial charge in [-0.25, -0.2) is 10.4 Å². The summed E-state index contributed by atoms with van der Waals surface area (Å²) in [5, 5.41) is 10.7. The monoisotopic (exact) mass is 463 g/mol. The number of aromatic nitrogens is 4. The highest BCUT2D eigenvalue weighted by Crippen LogP contribution is 2.25. The number of carbonyl (C=O) groups is 1. The zero-order chi connectivity index (χ0) is 23.3. The number of fused-ring (bicyclic) bond motifs is 1. The van der Waals surface area contributed by atoms with E-state index in [9.17, 15) is 4.79 Å². The number of rotatable bonds is 6. The molecule has 0 unspecified atom stereocenters. The van der Waals surface area contributed by atoms with Gasteiger partial charge in [0.05, 0.1) is 19.4 Å². The number of H-pyrrole nitrogens is 1. The lowest BCUT2D eigenvalue weighted by Crippen LogP contribution is -2.43. The second kappa shape index (κ2) is 10.1. The summed E-state index contributed by atoms with van der Waals surface area (Å²) >= 11 is 0. The molecule has 11 heteroatoms. The largest absolute Gasteiger partial charge is 0.378 e. The Balaban J connectivity index is 1.41. The van der Waals surface area contributed by atoms with E-state index in [-0.39, 0.29) is 17.8 Å². The number of anilines is 2. The van der Waals surface area contributed by atoms with Gasteiger partial charge < -0.3 is 25.3 Å². The molecule has 4 heterocycles. The molecule has 2 fully saturated rings. The first-order valence-corrected chi connectivity index (χ1v) is 11.6. The third-order valence-corrected chi connectivity index (χ3v) is 5.95. The van der Waals surface area contributed by atoms with E-state index in [2.05, 4.69) is 46.0 Å². The fourth-order valence-electron chi connectivity index (χ4n) is 4.18. The van der Waals surface area contributed by atoms with E-state index in [1.807, 2.05) is 31.2 Å². The summed E-state index contributed by atoms with van der Waals surface area (Å²) in [4.78, 5) is 31.8. The fourth-order valence-corrected chi connectivity index (χ4v) is 4.18. The van der Waals surface area contributed by atoms with Crippen LogP contribution in [-0.4, -0.2) is 77.5 Å². The van der Waals surface area contributed by atoms with E-state index in [0.717, 1.165) is 37.1 Å². The Morgan fingerprint density at radius 2 is 2.03 bits per heavy atom. The molecule has 0 aliphatic carbocycles. The lowest BCUT2D eigenvalue weighted by molar-refractivity contribution is 0.0920. The van der Waals surface area contributed by atoms with Gasteiger partial charge in [-0.1, -0.05) is 29.8 Å². The Bertz CT molecular complexity index is 1180. The van der Waals surface area contributed by atoms with Crippen molar-refractivity contribution >= 4 is 35.1 Å². The molecule has 0 saturated carbocycles. The maximum atomic E-state index is 12.9. The molecule has 178 valence electrons. The standard InChI is InChI=1S/C23H29N9O2/c1-15-3-2-4-16(13-15)14-25-31-23-29-19-18(21(30-23)32-9-11-34-12-10-32)27-20(28-19)22(33)26-17-5-7-24-8-6-17/h2-4,13-14,17,24H,5-12H2,1H3,(H,26,33)(H2,27,28,29,30,31)/b25-14+. The van der Waals surface area contributed by atoms with Gasteiger partial charge in [0.1, 0.15) is 5.52 Å². The van der Waals surface area contributed by atoms with Crippen LogP contribution < -0.4 is 21.0 Å². The zero-order valence-corrected chi connectivity index (χ0v) is 19.2. The molecule has 3 aromatic rings. The molecular weight excluding hydrogens is 434 g/mol. The number of hydrogen-bond donors (Lipinski definition) is 4. The summed E-state index contributed by atoms with van der Waals surface area (Å²) in [6.45, 7) is 6.42. The fraction of sp³-hybridized carbons (Fsp3) is 0.435. The van der Waals surface area contributed by atoms with E-state index >= 15 is 0 Å². The normalized spacial score (nSPS) is 17.4. The molecule has 0 radical (unpaired) electrons. The molecule has 2 aliphatic rings. The molecule has 0 bridgehead atoms. The van der Waals surface area contributed by atoms with E-state index in [4.69, 9.17) is 4.74 Å². The van der Waals surface area contributed by atoms with Crippen LogP contribution in [0.3, 0.4) is 0 Å². The molecule has 5 rings (SSSR count). The maximum absolute atomic E-state index is 12.9. The highest BCUT2D eigenvalue weighted by molar-refractivity contribution is 5.96. The minimum atomic E-state index is -0.232. The Hall–Kier alpha value is -3.57. The summed E-state index contributed by atoms with van der Waals surface area (Å²) in [6, 6.07) is 8.17. The van der Waals surface area contributed by atoms with Crippen molar-refractivity contribution in [3.05, 3.63) is 41.2 Å². The number of aryl methyl sites for hydroxylation is 1. The Kier molecular flexibility index (Phi) is 6.63. The SMILES string of the molecule is Cc1cccc(/C=N/Nc2nc(N3CCOCC3)c3[nH]c(C(=O)NC4CCNCC4)nc3n2)c1. The zero-order valence-electron chi connectivity index (χ0n) is 19.2. The Morgan fingerprint density at radius 1 is 1.21 bits per heavy atom. The van der Waals surface area contributed by atoms with Gasteiger partial charge in [-0.15, -0.1) is 0 Å². The van der Waals surface area contributed by atoms with Crippen LogP contribution in [0.15, 0.2) is 29.4 Å². The summed E-state index contributed by atoms with van der Waals surface area (Å²) < 4.78 is 5.50. The molecule has 1 amide bonds. The molecule has 2 aromatic heterocycles. The van der Waals surface area contributed by atoms with Crippen molar-refractivity contribution in [2.45, 2.75) is 25.8 Å². The van der Waals surface area contributed by atoms with Crippen molar-refractivity contribution in [1.29, 1.82) is 0 Å². The van der Waals surface area contributed by atoms with Crippen molar-refractivity contribution in [1.82, 2.24) is 30.6 Å². The lowest BCUT2D eigenvalue weighted by atomic mass is 10.1. The first kappa shape index (κ1) is 22.2. The van der Waals surface area contributed by atoms with Crippen LogP contribution in [0.4, 0.5) is 11.8 Å². The number of carbonyl (C=O) groups excluding carboxylic acids is 1. The second-order valence-corrected chi connectivity index (χ2v) is 8.54. The molecule has 2 aliphatic heterocycles. The first-order valence-electron chi connectivity index (χ1n) is 11.6. The van der Waals surface area contributed by atoms with Gasteiger partial charge in [0, 0.05) is 19.1 Å². The van der Waals surface area contributed by atoms with Gasteiger partial charge in [0.15, 0.2) is 17.3 Å². The number of ether oxygens (including phenoxy) is 1. The number of amides is 1. The van der Waals surface area contributed by atoms with Gasteiger partial charge in [-0.05, 0) is 38.4 Å². The Labute approximate surface area is 197 Å². The van der Waals surface area contributed by atoms with Crippen LogP contribution in [0.2, 0.25) is 0 Å². The third-order valence-electron chi connectivity index (χ3n) is 5.95. The number of aromatic amines is 1. The van der Waals surface area contributed by atoms with Gasteiger partial charge in [0.25, 0.3) is 5.91 Å². The van der Waals surface area contributed by atoms with Gasteiger partial charge >= 0.3 is 0 Å². The number of hydrazone groups is 1. The number of imidazole rings is 1. The predicted octanol–water partition coefficient (Wildman–Crippen LogP) is 1.43. The third kappa shape index (κ3) is 5.15. The second-order valence-electron chi connectivity index (χ2n) is 8.54. The first-order chi connectivity index (χ1) is 16.7. The molecule has 11 nitrogen and oxygen atoms in total. The number of morpholine rings is 1. The number of nitrogens with one attached hydrogen (secondary N) is 4. The van der Waals surface area contributed by atoms with Crippen LogP contribution in [0.25, 0.3) is 11.2 Å². The summed E-state index contributed by atoms with van der Waals surface area (Å²) in [6.07, 6.45) is 3.52. The van der Waals surface area contributed by atoms with Gasteiger partial charge in [-0.3, -0.25) is 4.79 Å². The average Bonchev–Trinajstić information content (AvgIpc) is 3.29. The molecule has 34 heavy (non-hydrogen) atoms. The average molecular weight is 464 g/mol. The molecule has 2 saturated heterocycles. The summed E-state index contributed by atoms with van der Waals surface area (Å²) in [5.41, 5.74) is 6.09. The quantitative estimate of drug-likeness (QED) is 0.319. The highest BCUT2D eigenvalue weighted by atomic mass is 16.5. The topological polar surface area (TPSA) is 132 Å². The lowest BCUT2D eigenvalue weighted by Gasteiger charge is -2.28. The van der Waals surface area contributed by atoms with Gasteiger partial charge in [0.2, 0.25) is 5.95 Å². The molecule has 4 N–H and O–H groups in total. The van der Waals surface area contributed by atoms with Crippen LogP contribution >= 0.6 is 0 Å². The molecule has 1 aromatic carbocycles. The minimum absolute atomic E-state index is 0.139. The molecule has 0 spiro atoms. The van der Waals surface area contributed by atoms with Crippen molar-refractivity contribution in [3.63, 3.8) is 0 Å². The number of hydrogen-bond acceptors (Lipinski definition) is 9. The number of piperidine rings is 1. The summed E-state index contributed by atoms with van der Waals surface area (Å²) in [7, 11) is 0. The van der Waals surface area contributed by atoms with Gasteiger partial charge in [-0.2, -0.15) is 15.1 Å². The van der Waals surface area contributed by atoms with Crippen LogP contribution in [0, 0.1) is 6.92 Å². The molecular formula is C23H29N9O2. The van der Waals surface area contributed by atoms with Crippen molar-refractivity contribution in [2.24, 2.45) is 5.10 Å². The number of benzene rings is 1. The van der Waals surface area contributed by atoms with E-state index < -0.39 is 0 Å². The van der Waals surface area contributed by atoms with E-state index in [0.29, 0.717) is 49.2 Å². The predicted molar refractivity (Wildman–Crippen MR) is 130 cm³/mol. The van der Waals surface area contributed by atoms with Crippen LogP contribution in [0.5, 0.6) is 0 Å². The summed E-state index contributed by atoms with van der Waals surface area (Å²) in [5.74, 6) is 0.993. The minimum Gasteiger partial charge on any atom is -0.378 e. The molecule has 0 atom stereocenters. The maximum Gasteiger partial charge on any atom is 0.287 e. The van der Waals surface area contributed by atoms with Crippen LogP contribution in [0.1, 0.15) is 34.6 Å². The van der Waals surface area contributed by atoms with E-state index in [1.54, 1.807) is 6.21 Å². The highest BCUT2D eigenvalue weighted by Gasteiger charge is 2.23. The van der Waals surface area contributed by atoms with Crippen molar-refractivity contribution < 1.29 is 9.53 Å².